The van der Waals surface area contributed by atoms with Gasteiger partial charge < -0.3 is 38.3 Å². The van der Waals surface area contributed by atoms with E-state index in [1.54, 1.807) is 13.8 Å². The number of hydrogen-bond donors (Lipinski definition) is 1. The molecule has 4 fully saturated rings. The van der Waals surface area contributed by atoms with Gasteiger partial charge in [0.05, 0.1) is 0 Å². The first-order valence-corrected chi connectivity index (χ1v) is 19.8. The van der Waals surface area contributed by atoms with E-state index in [1.165, 1.54) is 20.8 Å². The van der Waals surface area contributed by atoms with Gasteiger partial charge in [0.25, 0.3) is 0 Å². The first-order valence-electron chi connectivity index (χ1n) is 19.8. The third-order valence-corrected chi connectivity index (χ3v) is 14.2. The Bertz CT molecular complexity index is 1800. The monoisotopic (exact) mass is 818 g/mol. The Morgan fingerprint density at radius 2 is 1.34 bits per heavy atom. The maximum Gasteiger partial charge on any atom is 0.303 e. The normalized spacial score (nSPS) is 40.0. The highest BCUT2D eigenvalue weighted by molar-refractivity contribution is 5.95. The molecule has 3 saturated carbocycles. The topological polar surface area (TPSA) is 221 Å². The average molecular weight is 819 g/mol. The fourth-order valence-electron chi connectivity index (χ4n) is 11.4. The number of rotatable bonds is 10. The van der Waals surface area contributed by atoms with Crippen LogP contribution >= 0.6 is 0 Å². The number of ketones is 3. The highest BCUT2D eigenvalue weighted by Gasteiger charge is 2.75. The molecule has 16 heteroatoms. The lowest BCUT2D eigenvalue weighted by Crippen LogP contribution is -2.66. The van der Waals surface area contributed by atoms with E-state index in [9.17, 15) is 38.7 Å². The summed E-state index contributed by atoms with van der Waals surface area (Å²) in [5, 5.41) is 11.8. The zero-order valence-corrected chi connectivity index (χ0v) is 35.5. The molecule has 58 heavy (non-hydrogen) atoms. The van der Waals surface area contributed by atoms with Crippen LogP contribution in [0.5, 0.6) is 0 Å². The van der Waals surface area contributed by atoms with Crippen molar-refractivity contribution in [2.45, 2.75) is 157 Å². The number of carbonyl (C=O) groups excluding carboxylic acids is 8. The number of allylic oxidation sites excluding steroid dienone is 2. The van der Waals surface area contributed by atoms with Gasteiger partial charge in [-0.15, -0.1) is 0 Å². The largest absolute Gasteiger partial charge is 0.463 e. The first kappa shape index (κ1) is 45.1. The second-order valence-electron chi connectivity index (χ2n) is 18.2. The third-order valence-electron chi connectivity index (χ3n) is 14.2. The van der Waals surface area contributed by atoms with Gasteiger partial charge in [-0.25, -0.2) is 0 Å². The van der Waals surface area contributed by atoms with Crippen molar-refractivity contribution < 1.29 is 76.6 Å². The number of carbonyl (C=O) groups is 8. The highest BCUT2D eigenvalue weighted by atomic mass is 16.7. The van der Waals surface area contributed by atoms with Crippen molar-refractivity contribution >= 4 is 47.2 Å². The molecule has 0 bridgehead atoms. The molecule has 4 aliphatic carbocycles. The number of fused-ring (bicyclic) bond motifs is 5. The molecule has 0 aromatic rings. The van der Waals surface area contributed by atoms with Gasteiger partial charge in [-0.2, -0.15) is 0 Å². The van der Waals surface area contributed by atoms with Crippen molar-refractivity contribution in [1.82, 2.24) is 0 Å². The Labute approximate surface area is 338 Å². The summed E-state index contributed by atoms with van der Waals surface area (Å²) in [4.78, 5) is 104. The minimum absolute atomic E-state index is 0.0194. The molecule has 5 aliphatic rings. The summed E-state index contributed by atoms with van der Waals surface area (Å²) in [5.74, 6) is -6.64. The molecule has 1 heterocycles. The molecule has 0 spiro atoms. The second kappa shape index (κ2) is 15.5. The molecular weight excluding hydrogens is 760 g/mol. The van der Waals surface area contributed by atoms with Crippen LogP contribution in [-0.4, -0.2) is 107 Å². The van der Waals surface area contributed by atoms with Crippen molar-refractivity contribution in [3.63, 3.8) is 0 Å². The number of aliphatic hydroxyl groups is 1. The molecule has 1 N–H and O–H groups in total. The van der Waals surface area contributed by atoms with Crippen LogP contribution in [0.15, 0.2) is 11.6 Å². The number of ether oxygens (including phenoxy) is 7. The lowest BCUT2D eigenvalue weighted by Gasteiger charge is -2.64. The van der Waals surface area contributed by atoms with Crippen LogP contribution in [0, 0.1) is 39.4 Å². The fraction of sp³-hybridized carbons (Fsp3) is 0.762. The SMILES string of the molecule is CC(=O)OCC1OC(OC2CC3C(=CCC4C3(C)C(=O)CC3(C)C(C(C)(O)C(C)=O)C(OC(C)=O)CC43C)C(C)(C)C2=O)C(OC(C)=O)C(OC(C)=O)C1OC(C)=O. The molecular formula is C42H58O16. The van der Waals surface area contributed by atoms with E-state index in [-0.39, 0.29) is 30.8 Å². The summed E-state index contributed by atoms with van der Waals surface area (Å²) in [6, 6.07) is 0. The Hall–Kier alpha value is -4.02. The fourth-order valence-corrected chi connectivity index (χ4v) is 11.4. The zero-order valence-electron chi connectivity index (χ0n) is 35.5. The summed E-state index contributed by atoms with van der Waals surface area (Å²) < 4.78 is 40.4. The lowest BCUT2D eigenvalue weighted by atomic mass is 9.38. The van der Waals surface area contributed by atoms with Crippen LogP contribution in [0.2, 0.25) is 0 Å². The average Bonchev–Trinajstić information content (AvgIpc) is 3.30. The lowest BCUT2D eigenvalue weighted by molar-refractivity contribution is -0.316. The molecule has 0 radical (unpaired) electrons. The van der Waals surface area contributed by atoms with Crippen LogP contribution in [0.3, 0.4) is 0 Å². The van der Waals surface area contributed by atoms with Gasteiger partial charge in [0.1, 0.15) is 36.3 Å². The van der Waals surface area contributed by atoms with E-state index in [4.69, 9.17) is 33.2 Å². The maximum atomic E-state index is 15.0. The standard InChI is InChI=1S/C42H58O16/c1-19(43)42(12,51)35-28(53-21(3)45)16-39(9)30-14-13-25-26(41(30,11)31(49)17-40(35,39)10)15-27(36(50)38(25,7)8)57-37-34(56-24(6)48)33(55-23(5)47)32(54-22(4)46)29(58-37)18-52-20(2)44/h13,26-30,32-35,37,51H,14-18H2,1-12H3. The number of hydrogen-bond acceptors (Lipinski definition) is 16. The van der Waals surface area contributed by atoms with Gasteiger partial charge in [-0.3, -0.25) is 38.4 Å². The van der Waals surface area contributed by atoms with Gasteiger partial charge in [-0.1, -0.05) is 32.4 Å². The quantitative estimate of drug-likeness (QED) is 0.190. The van der Waals surface area contributed by atoms with Crippen molar-refractivity contribution in [3.05, 3.63) is 11.6 Å². The number of Topliss-reactive ketones (excluding diaryl/α,β-unsaturated/α-hetero) is 3. The smallest absolute Gasteiger partial charge is 0.303 e. The van der Waals surface area contributed by atoms with E-state index in [0.717, 1.165) is 33.3 Å². The van der Waals surface area contributed by atoms with Crippen LogP contribution in [-0.2, 0) is 71.5 Å². The summed E-state index contributed by atoms with van der Waals surface area (Å²) in [5.41, 5.74) is -5.21. The molecule has 16 nitrogen and oxygen atoms in total. The van der Waals surface area contributed by atoms with Crippen molar-refractivity contribution in [3.8, 4) is 0 Å². The van der Waals surface area contributed by atoms with Crippen LogP contribution in [0.4, 0.5) is 0 Å². The van der Waals surface area contributed by atoms with Crippen molar-refractivity contribution in [2.75, 3.05) is 6.61 Å². The Kier molecular flexibility index (Phi) is 12.1. The molecule has 0 aromatic carbocycles. The Morgan fingerprint density at radius 1 is 0.793 bits per heavy atom. The first-order chi connectivity index (χ1) is 26.6. The Balaban J connectivity index is 1.58. The Morgan fingerprint density at radius 3 is 1.88 bits per heavy atom. The summed E-state index contributed by atoms with van der Waals surface area (Å²) in [6.07, 6.45) is -7.01. The van der Waals surface area contributed by atoms with Gasteiger partial charge >= 0.3 is 29.8 Å². The molecule has 322 valence electrons. The summed E-state index contributed by atoms with van der Waals surface area (Å²) >= 11 is 0. The zero-order chi connectivity index (χ0) is 43.7. The predicted octanol–water partition coefficient (Wildman–Crippen LogP) is 3.30. The van der Waals surface area contributed by atoms with Gasteiger partial charge in [0.2, 0.25) is 0 Å². The molecule has 14 atom stereocenters. The highest BCUT2D eigenvalue weighted by Crippen LogP contribution is 2.74. The molecule has 14 unspecified atom stereocenters. The molecule has 1 saturated heterocycles. The van der Waals surface area contributed by atoms with Gasteiger partial charge in [0.15, 0.2) is 36.2 Å². The molecule has 5 rings (SSSR count). The summed E-state index contributed by atoms with van der Waals surface area (Å²) in [6.45, 7) is 17.2. The van der Waals surface area contributed by atoms with E-state index in [0.29, 0.717) is 6.42 Å². The maximum absolute atomic E-state index is 15.0. The van der Waals surface area contributed by atoms with Crippen molar-refractivity contribution in [1.29, 1.82) is 0 Å². The molecule has 0 amide bonds. The van der Waals surface area contributed by atoms with E-state index < -0.39 is 130 Å². The van der Waals surface area contributed by atoms with Gasteiger partial charge in [0, 0.05) is 57.8 Å². The van der Waals surface area contributed by atoms with Crippen LogP contribution in [0.1, 0.15) is 109 Å². The van der Waals surface area contributed by atoms with E-state index in [1.807, 2.05) is 26.8 Å². The number of esters is 5. The second-order valence-corrected chi connectivity index (χ2v) is 18.2. The van der Waals surface area contributed by atoms with Crippen LogP contribution < -0.4 is 0 Å². The predicted molar refractivity (Wildman–Crippen MR) is 199 cm³/mol. The summed E-state index contributed by atoms with van der Waals surface area (Å²) in [7, 11) is 0. The van der Waals surface area contributed by atoms with Crippen LogP contribution in [0.25, 0.3) is 0 Å². The molecule has 1 aliphatic heterocycles. The van der Waals surface area contributed by atoms with Crippen molar-refractivity contribution in [2.24, 2.45) is 39.4 Å². The third kappa shape index (κ3) is 7.41. The minimum Gasteiger partial charge on any atom is -0.463 e. The van der Waals surface area contributed by atoms with E-state index in [2.05, 4.69) is 0 Å². The molecule has 0 aromatic heterocycles. The van der Waals surface area contributed by atoms with E-state index >= 15 is 4.79 Å². The van der Waals surface area contributed by atoms with Gasteiger partial charge in [-0.05, 0) is 69.6 Å². The minimum atomic E-state index is -1.92.